The minimum absolute atomic E-state index is 0.133. The highest BCUT2D eigenvalue weighted by Gasteiger charge is 2.36. The van der Waals surface area contributed by atoms with E-state index in [4.69, 9.17) is 0 Å². The average molecular weight is 438 g/mol. The molecule has 2 aliphatic rings. The van der Waals surface area contributed by atoms with Crippen molar-refractivity contribution in [3.8, 4) is 11.4 Å². The Morgan fingerprint density at radius 3 is 2.65 bits per heavy atom. The summed E-state index contributed by atoms with van der Waals surface area (Å²) in [4.78, 5) is 17.3. The fourth-order valence-electron chi connectivity index (χ4n) is 4.50. The molecule has 1 N–H and O–H groups in total. The van der Waals surface area contributed by atoms with Crippen LogP contribution in [0.3, 0.4) is 0 Å². The summed E-state index contributed by atoms with van der Waals surface area (Å²) < 4.78 is 43.1. The summed E-state index contributed by atoms with van der Waals surface area (Å²) in [5.41, 5.74) is 1.92. The molecule has 0 saturated carbocycles. The molecule has 1 amide bonds. The molecule has 10 heteroatoms. The molecule has 31 heavy (non-hydrogen) atoms. The number of rotatable bonds is 4. The molecule has 4 rings (SSSR count). The lowest BCUT2D eigenvalue weighted by atomic mass is 10.1. The summed E-state index contributed by atoms with van der Waals surface area (Å²) in [5.74, 6) is -0.480. The van der Waals surface area contributed by atoms with Crippen molar-refractivity contribution in [3.63, 3.8) is 0 Å². The third kappa shape index (κ3) is 4.54. The van der Waals surface area contributed by atoms with Crippen LogP contribution in [0, 0.1) is 13.8 Å². The topological polar surface area (TPSA) is 70.8 Å². The maximum atomic E-state index is 13.2. The molecular formula is C21H25F3N4O3. The van der Waals surface area contributed by atoms with E-state index in [1.807, 2.05) is 0 Å². The van der Waals surface area contributed by atoms with Gasteiger partial charge in [-0.3, -0.25) is 9.69 Å². The summed E-state index contributed by atoms with van der Waals surface area (Å²) >= 11 is 0. The largest absolute Gasteiger partial charge is 0.573 e. The smallest absolute Gasteiger partial charge is 0.406 e. The van der Waals surface area contributed by atoms with Crippen molar-refractivity contribution in [3.05, 3.63) is 41.2 Å². The van der Waals surface area contributed by atoms with Gasteiger partial charge >= 0.3 is 6.36 Å². The van der Waals surface area contributed by atoms with E-state index in [2.05, 4.69) is 14.7 Å². The van der Waals surface area contributed by atoms with Crippen LogP contribution in [0.2, 0.25) is 0 Å². The van der Waals surface area contributed by atoms with E-state index in [-0.39, 0.29) is 23.8 Å². The molecule has 3 heterocycles. The predicted octanol–water partition coefficient (Wildman–Crippen LogP) is 2.67. The minimum Gasteiger partial charge on any atom is -0.406 e. The van der Waals surface area contributed by atoms with Gasteiger partial charge in [0.15, 0.2) is 0 Å². The zero-order chi connectivity index (χ0) is 22.3. The molecule has 2 fully saturated rings. The van der Waals surface area contributed by atoms with E-state index < -0.39 is 6.36 Å². The maximum Gasteiger partial charge on any atom is 0.573 e. The Morgan fingerprint density at radius 2 is 1.97 bits per heavy atom. The van der Waals surface area contributed by atoms with Crippen molar-refractivity contribution in [2.24, 2.45) is 0 Å². The number of carbonyl (C=O) groups is 1. The standard InChI is InChI=1S/C21H25F3N4O3/c1-13-19(20(30)27-8-6-16(11-27)26-9-7-17(29)12-26)14(2)28(25-13)15-4-3-5-18(10-15)31-21(22,23)24/h3-5,10,16-17,29H,6-9,11-12H2,1-2H3/t16?,17-/m0/s1. The van der Waals surface area contributed by atoms with Gasteiger partial charge in [0, 0.05) is 38.3 Å². The van der Waals surface area contributed by atoms with Gasteiger partial charge in [-0.2, -0.15) is 5.10 Å². The molecule has 7 nitrogen and oxygen atoms in total. The quantitative estimate of drug-likeness (QED) is 0.795. The van der Waals surface area contributed by atoms with Crippen LogP contribution < -0.4 is 4.74 Å². The number of aliphatic hydroxyl groups is 1. The molecule has 2 aliphatic heterocycles. The second kappa shape index (κ2) is 8.16. The van der Waals surface area contributed by atoms with Gasteiger partial charge in [0.05, 0.1) is 28.7 Å². The monoisotopic (exact) mass is 438 g/mol. The van der Waals surface area contributed by atoms with Crippen molar-refractivity contribution in [2.45, 2.75) is 45.2 Å². The highest BCUT2D eigenvalue weighted by Crippen LogP contribution is 2.28. The number of nitrogens with zero attached hydrogens (tertiary/aromatic N) is 4. The molecule has 0 radical (unpaired) electrons. The first-order chi connectivity index (χ1) is 14.6. The highest BCUT2D eigenvalue weighted by molar-refractivity contribution is 5.96. The van der Waals surface area contributed by atoms with Gasteiger partial charge in [0.2, 0.25) is 0 Å². The molecule has 1 unspecified atom stereocenters. The van der Waals surface area contributed by atoms with Gasteiger partial charge in [-0.25, -0.2) is 4.68 Å². The molecule has 168 valence electrons. The van der Waals surface area contributed by atoms with Gasteiger partial charge < -0.3 is 14.7 Å². The Hall–Kier alpha value is -2.59. The van der Waals surface area contributed by atoms with Crippen LogP contribution in [0.4, 0.5) is 13.2 Å². The number of aromatic nitrogens is 2. The summed E-state index contributed by atoms with van der Waals surface area (Å²) in [6, 6.07) is 5.75. The normalized spacial score (nSPS) is 22.3. The van der Waals surface area contributed by atoms with Crippen molar-refractivity contribution >= 4 is 5.91 Å². The van der Waals surface area contributed by atoms with Gasteiger partial charge in [0.25, 0.3) is 5.91 Å². The second-order valence-electron chi connectivity index (χ2n) is 8.13. The van der Waals surface area contributed by atoms with E-state index in [0.717, 1.165) is 19.4 Å². The number of halogens is 3. The number of alkyl halides is 3. The number of ether oxygens (including phenoxy) is 1. The molecule has 1 aromatic heterocycles. The lowest BCUT2D eigenvalue weighted by molar-refractivity contribution is -0.274. The average Bonchev–Trinajstić information content (AvgIpc) is 3.39. The summed E-state index contributed by atoms with van der Waals surface area (Å²) in [6.07, 6.45) is -3.48. The van der Waals surface area contributed by atoms with Crippen LogP contribution in [0.5, 0.6) is 5.75 Å². The molecule has 0 spiro atoms. The van der Waals surface area contributed by atoms with Crippen LogP contribution in [0.15, 0.2) is 24.3 Å². The molecular weight excluding hydrogens is 413 g/mol. The SMILES string of the molecule is Cc1nn(-c2cccc(OC(F)(F)F)c2)c(C)c1C(=O)N1CCC(N2CC[C@H](O)C2)C1. The third-order valence-electron chi connectivity index (χ3n) is 5.96. The predicted molar refractivity (Wildman–Crippen MR) is 106 cm³/mol. The number of hydrogen-bond acceptors (Lipinski definition) is 5. The van der Waals surface area contributed by atoms with Crippen LogP contribution >= 0.6 is 0 Å². The van der Waals surface area contributed by atoms with Crippen molar-refractivity contribution in [2.75, 3.05) is 26.2 Å². The Morgan fingerprint density at radius 1 is 1.19 bits per heavy atom. The third-order valence-corrected chi connectivity index (χ3v) is 5.96. The fourth-order valence-corrected chi connectivity index (χ4v) is 4.50. The zero-order valence-electron chi connectivity index (χ0n) is 17.4. The number of hydrogen-bond donors (Lipinski definition) is 1. The van der Waals surface area contributed by atoms with Crippen molar-refractivity contribution < 1.29 is 27.8 Å². The van der Waals surface area contributed by atoms with E-state index in [1.165, 1.54) is 22.9 Å². The molecule has 0 bridgehead atoms. The van der Waals surface area contributed by atoms with E-state index in [1.54, 1.807) is 24.8 Å². The molecule has 0 aliphatic carbocycles. The number of carbonyl (C=O) groups excluding carboxylic acids is 1. The number of β-amino-alcohol motifs (C(OH)–C–C–N with tert-alkyl or cyclic N) is 1. The number of aryl methyl sites for hydroxylation is 1. The van der Waals surface area contributed by atoms with Crippen LogP contribution in [-0.4, -0.2) is 75.3 Å². The van der Waals surface area contributed by atoms with Crippen molar-refractivity contribution in [1.29, 1.82) is 0 Å². The van der Waals surface area contributed by atoms with Gasteiger partial charge in [-0.15, -0.1) is 13.2 Å². The van der Waals surface area contributed by atoms with Crippen LogP contribution in [0.25, 0.3) is 5.69 Å². The lowest BCUT2D eigenvalue weighted by Gasteiger charge is -2.23. The highest BCUT2D eigenvalue weighted by atomic mass is 19.4. The number of likely N-dealkylation sites (tertiary alicyclic amines) is 2. The minimum atomic E-state index is -4.79. The zero-order valence-corrected chi connectivity index (χ0v) is 17.4. The number of amides is 1. The van der Waals surface area contributed by atoms with E-state index >= 15 is 0 Å². The number of benzene rings is 1. The van der Waals surface area contributed by atoms with Crippen molar-refractivity contribution in [1.82, 2.24) is 19.6 Å². The first-order valence-corrected chi connectivity index (χ1v) is 10.3. The van der Waals surface area contributed by atoms with Gasteiger partial charge in [0.1, 0.15) is 5.75 Å². The first kappa shape index (κ1) is 21.6. The fraction of sp³-hybridized carbons (Fsp3) is 0.524. The second-order valence-corrected chi connectivity index (χ2v) is 8.13. The summed E-state index contributed by atoms with van der Waals surface area (Å²) in [6.45, 7) is 6.13. The van der Waals surface area contributed by atoms with Crippen LogP contribution in [0.1, 0.15) is 34.6 Å². The molecule has 1 aromatic carbocycles. The van der Waals surface area contributed by atoms with Crippen LogP contribution in [-0.2, 0) is 0 Å². The Kier molecular flexibility index (Phi) is 5.69. The lowest BCUT2D eigenvalue weighted by Crippen LogP contribution is -2.38. The summed E-state index contributed by atoms with van der Waals surface area (Å²) in [5, 5.41) is 14.2. The molecule has 2 saturated heterocycles. The van der Waals surface area contributed by atoms with Gasteiger partial charge in [-0.05, 0) is 38.8 Å². The molecule has 2 atom stereocenters. The van der Waals surface area contributed by atoms with E-state index in [9.17, 15) is 23.1 Å². The number of aliphatic hydroxyl groups excluding tert-OH is 1. The Labute approximate surface area is 178 Å². The molecule has 2 aromatic rings. The Balaban J connectivity index is 1.53. The van der Waals surface area contributed by atoms with E-state index in [0.29, 0.717) is 42.3 Å². The summed E-state index contributed by atoms with van der Waals surface area (Å²) in [7, 11) is 0. The van der Waals surface area contributed by atoms with Gasteiger partial charge in [-0.1, -0.05) is 6.07 Å². The first-order valence-electron chi connectivity index (χ1n) is 10.3. The maximum absolute atomic E-state index is 13.2. The Bertz CT molecular complexity index is 975.